The molecule has 0 aliphatic rings. The van der Waals surface area contributed by atoms with Crippen molar-refractivity contribution in [3.05, 3.63) is 0 Å². The Kier molecular flexibility index (Phi) is 0.444. The molecule has 0 rings (SSSR count). The molecule has 0 aliphatic carbocycles. The fraction of sp³-hybridized carbons (Fsp3) is 1.00. The first-order valence-electron chi connectivity index (χ1n) is 4.19. The van der Waals surface area contributed by atoms with Gasteiger partial charge in [0.15, 0.2) is 0 Å². The molecule has 0 radical (unpaired) electrons. The average Bonchev–Trinajstić information content (AvgIpc) is 1.62. The summed E-state index contributed by atoms with van der Waals surface area (Å²) in [6.45, 7) is 1.03. The summed E-state index contributed by atoms with van der Waals surface area (Å²) in [5, 5.41) is 0. The van der Waals surface area contributed by atoms with Crippen LogP contribution in [0.25, 0.3) is 0 Å². The van der Waals surface area contributed by atoms with Crippen LogP contribution in [0.1, 0.15) is 34.0 Å². The Bertz CT molecular complexity index is 112. The largest absolute Gasteiger partial charge is 0.0651 e. The van der Waals surface area contributed by atoms with Crippen LogP contribution in [0, 0.1) is 5.89 Å². The van der Waals surface area contributed by atoms with Gasteiger partial charge in [-0.05, 0) is 5.89 Å². The molecule has 0 spiro atoms. The second-order valence-electron chi connectivity index (χ2n) is 0.933. The maximum absolute atomic E-state index is 7.28. The maximum Gasteiger partial charge on any atom is 0.0297 e. The van der Waals surface area contributed by atoms with E-state index in [4.69, 9.17) is 6.85 Å². The molecule has 5 heavy (non-hydrogen) atoms. The molecule has 0 aromatic carbocycles. The highest BCUT2D eigenvalue weighted by atomic mass is 13.9. The molecule has 1 unspecified atom stereocenters. The molecular formula is C5H12. The van der Waals surface area contributed by atoms with Gasteiger partial charge in [0.2, 0.25) is 0 Å². The van der Waals surface area contributed by atoms with Gasteiger partial charge in [0.25, 0.3) is 0 Å². The Hall–Kier alpha value is 0. The quantitative estimate of drug-likeness (QED) is 0.449. The van der Waals surface area contributed by atoms with Gasteiger partial charge in [-0.1, -0.05) is 27.1 Å². The van der Waals surface area contributed by atoms with Crippen molar-refractivity contribution in [3.8, 4) is 0 Å². The molecule has 0 N–H and O–H groups in total. The Labute approximate surface area is 41.2 Å². The van der Waals surface area contributed by atoms with Crippen LogP contribution < -0.4 is 0 Å². The van der Waals surface area contributed by atoms with Crippen molar-refractivity contribution in [2.75, 3.05) is 0 Å². The van der Waals surface area contributed by atoms with Crippen LogP contribution in [0.3, 0.4) is 0 Å². The van der Waals surface area contributed by atoms with Gasteiger partial charge in [0.05, 0.1) is 0 Å². The number of hydrogen-bond donors (Lipinski definition) is 0. The first kappa shape index (κ1) is 0.988. The topological polar surface area (TPSA) is 0 Å². The van der Waals surface area contributed by atoms with E-state index in [1.165, 1.54) is 13.8 Å². The van der Waals surface area contributed by atoms with E-state index in [2.05, 4.69) is 0 Å². The molecule has 0 fully saturated rings. The van der Waals surface area contributed by atoms with Gasteiger partial charge in [-0.2, -0.15) is 0 Å². The molecule has 0 saturated carbocycles. The summed E-state index contributed by atoms with van der Waals surface area (Å²) in [6, 6.07) is 0. The molecular weight excluding hydrogens is 60.1 g/mol. The molecule has 32 valence electrons. The minimum atomic E-state index is -1.79. The zero-order chi connectivity index (χ0) is 8.58. The van der Waals surface area contributed by atoms with E-state index >= 15 is 0 Å². The summed E-state index contributed by atoms with van der Waals surface area (Å²) < 4.78 is 35.2. The summed E-state index contributed by atoms with van der Waals surface area (Å²) in [4.78, 5) is 0. The van der Waals surface area contributed by atoms with E-state index in [1.807, 2.05) is 0 Å². The van der Waals surface area contributed by atoms with Crippen LogP contribution in [0.4, 0.5) is 0 Å². The van der Waals surface area contributed by atoms with E-state index in [-0.39, 0.29) is 0 Å². The lowest BCUT2D eigenvalue weighted by molar-refractivity contribution is 0.626. The SMILES string of the molecule is [2H]C([2H])C([2H])(C)C([2H])([2H])C. The number of hydrogen-bond acceptors (Lipinski definition) is 0. The predicted molar refractivity (Wildman–Crippen MR) is 25.1 cm³/mol. The fourth-order valence-electron chi connectivity index (χ4n) is 0. The summed E-state index contributed by atoms with van der Waals surface area (Å²) in [5.41, 5.74) is 0. The highest BCUT2D eigenvalue weighted by Gasteiger charge is 1.80. The molecule has 0 aromatic heterocycles. The smallest absolute Gasteiger partial charge is 0.0297 e. The van der Waals surface area contributed by atoms with Gasteiger partial charge in [-0.15, -0.1) is 0 Å². The van der Waals surface area contributed by atoms with E-state index in [0.717, 1.165) is 0 Å². The molecule has 0 amide bonds. The Balaban J connectivity index is 4.40. The minimum absolute atomic E-state index is 1.22. The summed E-state index contributed by atoms with van der Waals surface area (Å²) in [7, 11) is 0. The highest BCUT2D eigenvalue weighted by Crippen LogP contribution is 1.93. The van der Waals surface area contributed by atoms with Crippen LogP contribution in [0.15, 0.2) is 0 Å². The average molecular weight is 77.2 g/mol. The molecule has 0 heteroatoms. The second kappa shape index (κ2) is 2.25. The van der Waals surface area contributed by atoms with Gasteiger partial charge in [0.1, 0.15) is 0 Å². The third kappa shape index (κ3) is 4.00. The normalized spacial score (nSPS) is 39.4. The van der Waals surface area contributed by atoms with Crippen LogP contribution in [0.5, 0.6) is 0 Å². The minimum Gasteiger partial charge on any atom is -0.0651 e. The zero-order valence-corrected chi connectivity index (χ0v) is 3.58. The second-order valence-corrected chi connectivity index (χ2v) is 0.933. The molecule has 0 aromatic rings. The molecule has 0 bridgehead atoms. The van der Waals surface area contributed by atoms with E-state index in [9.17, 15) is 0 Å². The van der Waals surface area contributed by atoms with Crippen LogP contribution >= 0.6 is 0 Å². The third-order valence-corrected chi connectivity index (χ3v) is 0.394. The van der Waals surface area contributed by atoms with Crippen molar-refractivity contribution in [2.45, 2.75) is 27.1 Å². The van der Waals surface area contributed by atoms with Crippen molar-refractivity contribution in [1.29, 1.82) is 0 Å². The maximum atomic E-state index is 7.28. The Morgan fingerprint density at radius 3 is 3.00 bits per heavy atom. The van der Waals surface area contributed by atoms with E-state index < -0.39 is 19.1 Å². The number of rotatable bonds is 1. The van der Waals surface area contributed by atoms with Gasteiger partial charge in [0, 0.05) is 6.85 Å². The highest BCUT2D eigenvalue weighted by molar-refractivity contribution is 4.32. The summed E-state index contributed by atoms with van der Waals surface area (Å²) >= 11 is 0. The summed E-state index contributed by atoms with van der Waals surface area (Å²) in [6.07, 6.45) is -1.79. The van der Waals surface area contributed by atoms with Gasteiger partial charge in [-0.25, -0.2) is 0 Å². The van der Waals surface area contributed by atoms with Crippen molar-refractivity contribution in [3.63, 3.8) is 0 Å². The molecule has 1 atom stereocenters. The standard InChI is InChI=1S/C5H12/c1-4-5(2)3/h5H,4H2,1-3H3/i2D2,4D2,5D. The van der Waals surface area contributed by atoms with E-state index in [0.29, 0.717) is 0 Å². The van der Waals surface area contributed by atoms with Crippen LogP contribution in [-0.2, 0) is 0 Å². The Morgan fingerprint density at radius 1 is 2.40 bits per heavy atom. The first-order chi connectivity index (χ1) is 4.19. The first-order valence-corrected chi connectivity index (χ1v) is 1.54. The molecule has 0 aliphatic heterocycles. The van der Waals surface area contributed by atoms with Crippen molar-refractivity contribution < 1.29 is 6.85 Å². The van der Waals surface area contributed by atoms with E-state index in [1.54, 1.807) is 0 Å². The lowest BCUT2D eigenvalue weighted by Crippen LogP contribution is -1.77. The summed E-state index contributed by atoms with van der Waals surface area (Å²) in [5.74, 6) is -1.65. The molecule has 0 saturated heterocycles. The van der Waals surface area contributed by atoms with Crippen molar-refractivity contribution >= 4 is 0 Å². The van der Waals surface area contributed by atoms with Crippen LogP contribution in [-0.4, -0.2) is 0 Å². The van der Waals surface area contributed by atoms with Crippen LogP contribution in [0.2, 0.25) is 0 Å². The monoisotopic (exact) mass is 77.1 g/mol. The predicted octanol–water partition coefficient (Wildman–Crippen LogP) is 2.05. The van der Waals surface area contributed by atoms with Gasteiger partial charge < -0.3 is 0 Å². The van der Waals surface area contributed by atoms with Gasteiger partial charge in [-0.3, -0.25) is 0 Å². The lowest BCUT2D eigenvalue weighted by Gasteiger charge is -1.90. The third-order valence-electron chi connectivity index (χ3n) is 0.394. The zero-order valence-electron chi connectivity index (χ0n) is 8.58. The molecule has 0 heterocycles. The van der Waals surface area contributed by atoms with Gasteiger partial charge >= 0.3 is 0 Å². The lowest BCUT2D eigenvalue weighted by atomic mass is 10.2. The molecule has 0 nitrogen and oxygen atoms in total. The van der Waals surface area contributed by atoms with Crippen molar-refractivity contribution in [1.82, 2.24) is 0 Å². The van der Waals surface area contributed by atoms with Crippen molar-refractivity contribution in [2.24, 2.45) is 5.89 Å². The Morgan fingerprint density at radius 2 is 3.00 bits per heavy atom. The fourth-order valence-corrected chi connectivity index (χ4v) is 0.